The molecule has 0 aliphatic heterocycles. The van der Waals surface area contributed by atoms with Crippen LogP contribution in [0.2, 0.25) is 0 Å². The van der Waals surface area contributed by atoms with Crippen molar-refractivity contribution in [2.75, 3.05) is 20.0 Å². The molecule has 4 rings (SSSR count). The largest absolute Gasteiger partial charge is 0.467 e. The molecule has 286 valence electrons. The van der Waals surface area contributed by atoms with Crippen LogP contribution in [0.15, 0.2) is 97.1 Å². The van der Waals surface area contributed by atoms with Crippen LogP contribution in [0, 0.1) is 10.1 Å². The molecule has 0 saturated heterocycles. The third kappa shape index (κ3) is 12.2. The van der Waals surface area contributed by atoms with E-state index in [2.05, 4.69) is 15.4 Å². The van der Waals surface area contributed by atoms with Gasteiger partial charge in [0.05, 0.1) is 30.3 Å². The number of nitrogens with zero attached hydrogens (tertiary/aromatic N) is 1. The fourth-order valence-corrected chi connectivity index (χ4v) is 5.52. The molecule has 0 radical (unpaired) electrons. The van der Waals surface area contributed by atoms with Crippen LogP contribution in [0.25, 0.3) is 0 Å². The number of nitro benzene ring substituents is 1. The molecule has 0 aromatic heterocycles. The molecule has 4 aromatic carbocycles. The van der Waals surface area contributed by atoms with Crippen molar-refractivity contribution >= 4 is 57.7 Å². The number of hydrogen-bond donors (Lipinski definition) is 3. The Hall–Kier alpha value is -5.62. The van der Waals surface area contributed by atoms with Gasteiger partial charge >= 0.3 is 24.3 Å². The zero-order valence-corrected chi connectivity index (χ0v) is 30.0. The summed E-state index contributed by atoms with van der Waals surface area (Å²) >= 11 is 10.2. The third-order valence-corrected chi connectivity index (χ3v) is 8.22. The molecule has 54 heavy (non-hydrogen) atoms. The molecular weight excluding hydrogens is 763 g/mol. The standard InChI is InChI=1S/C18H15F3N2O4S.C18H17F3N2O2S/c1-27-17(24)15(10-11-6-8-12(9-7-11)23(25)26)22-16(28)13-4-2-3-5-14(13)18(19,20)21;1-25-17(24)15(10-11-6-8-12(22)9-7-11)23-16(26)13-4-2-3-5-14(13)18(19,20)21/h2-9,15H,10H2,1H3,(H,22,28);2-9,15H,10,22H2,1H3,(H,23,26). The minimum Gasteiger partial charge on any atom is -0.467 e. The quantitative estimate of drug-likeness (QED) is 0.0361. The Kier molecular flexibility index (Phi) is 15.0. The van der Waals surface area contributed by atoms with Gasteiger partial charge in [-0.05, 0) is 35.4 Å². The summed E-state index contributed by atoms with van der Waals surface area (Å²) in [5, 5.41) is 16.0. The average Bonchev–Trinajstić information content (AvgIpc) is 3.14. The lowest BCUT2D eigenvalue weighted by Crippen LogP contribution is -2.43. The van der Waals surface area contributed by atoms with E-state index in [0.29, 0.717) is 11.3 Å². The molecule has 0 amide bonds. The summed E-state index contributed by atoms with van der Waals surface area (Å²) in [6.45, 7) is 0. The van der Waals surface area contributed by atoms with Crippen molar-refractivity contribution in [3.63, 3.8) is 0 Å². The Morgan fingerprint density at radius 1 is 0.685 bits per heavy atom. The fourth-order valence-electron chi connectivity index (χ4n) is 4.88. The van der Waals surface area contributed by atoms with Gasteiger partial charge in [0, 0.05) is 41.8 Å². The number of carbonyl (C=O) groups is 2. The number of ether oxygens (including phenoxy) is 2. The van der Waals surface area contributed by atoms with Crippen LogP contribution in [0.3, 0.4) is 0 Å². The number of rotatable bonds is 11. The van der Waals surface area contributed by atoms with E-state index >= 15 is 0 Å². The van der Waals surface area contributed by atoms with E-state index in [-0.39, 0.29) is 39.6 Å². The Morgan fingerprint density at radius 2 is 1.04 bits per heavy atom. The maximum Gasteiger partial charge on any atom is 0.417 e. The lowest BCUT2D eigenvalue weighted by molar-refractivity contribution is -0.384. The van der Waals surface area contributed by atoms with Crippen molar-refractivity contribution in [3.05, 3.63) is 141 Å². The molecule has 4 aromatic rings. The minimum atomic E-state index is -4.61. The van der Waals surface area contributed by atoms with E-state index in [4.69, 9.17) is 34.9 Å². The normalized spacial score (nSPS) is 12.2. The van der Waals surface area contributed by atoms with Gasteiger partial charge in [0.2, 0.25) is 0 Å². The predicted octanol–water partition coefficient (Wildman–Crippen LogP) is 7.00. The Balaban J connectivity index is 0.000000291. The highest BCUT2D eigenvalue weighted by Crippen LogP contribution is 2.33. The first kappa shape index (κ1) is 42.8. The Morgan fingerprint density at radius 3 is 1.37 bits per heavy atom. The van der Waals surface area contributed by atoms with Crippen LogP contribution >= 0.6 is 24.4 Å². The van der Waals surface area contributed by atoms with Crippen LogP contribution in [-0.4, -0.2) is 53.1 Å². The van der Waals surface area contributed by atoms with Gasteiger partial charge in [-0.3, -0.25) is 10.1 Å². The summed E-state index contributed by atoms with van der Waals surface area (Å²) in [5.74, 6) is -1.36. The van der Waals surface area contributed by atoms with Crippen molar-refractivity contribution in [1.29, 1.82) is 0 Å². The van der Waals surface area contributed by atoms with Crippen molar-refractivity contribution < 1.29 is 50.3 Å². The van der Waals surface area contributed by atoms with Crippen molar-refractivity contribution in [2.45, 2.75) is 37.3 Å². The smallest absolute Gasteiger partial charge is 0.417 e. The number of nitrogens with two attached hydrogens (primary N) is 1. The average molecular weight is 795 g/mol. The number of nitro groups is 1. The first-order valence-electron chi connectivity index (χ1n) is 15.5. The van der Waals surface area contributed by atoms with Crippen LogP contribution in [-0.2, 0) is 44.3 Å². The molecule has 0 fully saturated rings. The van der Waals surface area contributed by atoms with Gasteiger partial charge in [-0.25, -0.2) is 9.59 Å². The molecule has 18 heteroatoms. The molecule has 0 spiro atoms. The number of non-ortho nitro benzene ring substituents is 1. The fraction of sp³-hybridized carbons (Fsp3) is 0.222. The first-order chi connectivity index (χ1) is 25.3. The molecule has 0 aliphatic rings. The van der Waals surface area contributed by atoms with E-state index in [9.17, 15) is 46.0 Å². The number of thiocarbonyl (C=S) groups is 2. The summed E-state index contributed by atoms with van der Waals surface area (Å²) in [4.78, 5) is 33.8. The van der Waals surface area contributed by atoms with Crippen LogP contribution in [0.1, 0.15) is 33.4 Å². The van der Waals surface area contributed by atoms with Gasteiger partial charge in [0.15, 0.2) is 0 Å². The van der Waals surface area contributed by atoms with E-state index in [1.165, 1.54) is 67.8 Å². The molecule has 0 aliphatic carbocycles. The van der Waals surface area contributed by atoms with Gasteiger partial charge in [-0.15, -0.1) is 0 Å². The minimum absolute atomic E-state index is 0.0129. The summed E-state index contributed by atoms with van der Waals surface area (Å²) in [6.07, 6.45) is -8.97. The highest BCUT2D eigenvalue weighted by molar-refractivity contribution is 7.81. The summed E-state index contributed by atoms with van der Waals surface area (Å²) < 4.78 is 88.5. The second kappa shape index (κ2) is 18.9. The maximum atomic E-state index is 13.2. The molecule has 2 unspecified atom stereocenters. The third-order valence-electron chi connectivity index (χ3n) is 7.54. The zero-order chi connectivity index (χ0) is 40.2. The van der Waals surface area contributed by atoms with Gasteiger partial charge in [-0.1, -0.05) is 85.1 Å². The predicted molar refractivity (Wildman–Crippen MR) is 196 cm³/mol. The SMILES string of the molecule is COC(=O)C(Cc1ccc(N)cc1)NC(=S)c1ccccc1C(F)(F)F.COC(=O)C(Cc1ccc([N+](=O)[O-])cc1)NC(=S)c1ccccc1C(F)(F)F. The number of halogens is 6. The molecule has 10 nitrogen and oxygen atoms in total. The van der Waals surface area contributed by atoms with Crippen molar-refractivity contribution in [1.82, 2.24) is 10.6 Å². The molecular formula is C36H32F6N4O6S2. The highest BCUT2D eigenvalue weighted by Gasteiger charge is 2.36. The summed E-state index contributed by atoms with van der Waals surface area (Å²) in [7, 11) is 2.34. The molecule has 4 N–H and O–H groups in total. The van der Waals surface area contributed by atoms with Crippen molar-refractivity contribution in [2.24, 2.45) is 0 Å². The highest BCUT2D eigenvalue weighted by atomic mass is 32.1. The molecule has 0 bridgehead atoms. The number of nitrogen functional groups attached to an aromatic ring is 1. The Labute approximate surface area is 315 Å². The number of hydrogen-bond acceptors (Lipinski definition) is 9. The monoisotopic (exact) mass is 794 g/mol. The number of carbonyl (C=O) groups excluding carboxylic acids is 2. The van der Waals surface area contributed by atoms with Gasteiger partial charge < -0.3 is 25.8 Å². The van der Waals surface area contributed by atoms with Crippen LogP contribution in [0.5, 0.6) is 0 Å². The van der Waals surface area contributed by atoms with Crippen molar-refractivity contribution in [3.8, 4) is 0 Å². The maximum absolute atomic E-state index is 13.2. The number of alkyl halides is 6. The number of methoxy groups -OCH3 is 2. The van der Waals surface area contributed by atoms with Gasteiger partial charge in [0.1, 0.15) is 22.1 Å². The summed E-state index contributed by atoms with van der Waals surface area (Å²) in [5.41, 5.74) is 5.11. The van der Waals surface area contributed by atoms with E-state index in [1.807, 2.05) is 0 Å². The number of benzene rings is 4. The lowest BCUT2D eigenvalue weighted by Gasteiger charge is -2.20. The molecule has 0 saturated carbocycles. The van der Waals surface area contributed by atoms with E-state index in [0.717, 1.165) is 24.8 Å². The molecule has 2 atom stereocenters. The Bertz CT molecular complexity index is 1960. The van der Waals surface area contributed by atoms with Gasteiger partial charge in [0.25, 0.3) is 5.69 Å². The van der Waals surface area contributed by atoms with Crippen LogP contribution in [0.4, 0.5) is 37.7 Å². The second-order valence-corrected chi connectivity index (χ2v) is 12.1. The second-order valence-electron chi connectivity index (χ2n) is 11.3. The zero-order valence-electron chi connectivity index (χ0n) is 28.4. The first-order valence-corrected chi connectivity index (χ1v) is 16.3. The number of anilines is 1. The number of esters is 2. The van der Waals surface area contributed by atoms with E-state index < -0.39 is 52.4 Å². The lowest BCUT2D eigenvalue weighted by atomic mass is 10.0. The molecule has 0 heterocycles. The van der Waals surface area contributed by atoms with Gasteiger partial charge in [-0.2, -0.15) is 26.3 Å². The van der Waals surface area contributed by atoms with E-state index in [1.54, 1.807) is 24.3 Å². The number of nitrogens with one attached hydrogen (secondary N) is 2. The summed E-state index contributed by atoms with van der Waals surface area (Å²) in [6, 6.07) is 19.9. The van der Waals surface area contributed by atoms with Crippen LogP contribution < -0.4 is 16.4 Å². The topological polar surface area (TPSA) is 146 Å².